The van der Waals surface area contributed by atoms with E-state index in [9.17, 15) is 14.4 Å². The Morgan fingerprint density at radius 3 is 2.24 bits per heavy atom. The largest absolute Gasteiger partial charge is 0.291 e. The number of nitrogens with zero attached hydrogens (tertiary/aromatic N) is 3. The second-order valence-electron chi connectivity index (χ2n) is 7.48. The number of aromatic nitrogens is 2. The first-order chi connectivity index (χ1) is 11.9. The first-order valence-corrected chi connectivity index (χ1v) is 9.25. The molecule has 5 aliphatic rings. The van der Waals surface area contributed by atoms with Crippen molar-refractivity contribution in [3.63, 3.8) is 0 Å². The van der Waals surface area contributed by atoms with Crippen molar-refractivity contribution in [3.8, 4) is 0 Å². The molecule has 2 heterocycles. The normalized spacial score (nSPS) is 37.3. The van der Waals surface area contributed by atoms with Crippen LogP contribution in [0.15, 0.2) is 16.6 Å². The van der Waals surface area contributed by atoms with Crippen molar-refractivity contribution in [2.24, 2.45) is 42.6 Å². The Labute approximate surface area is 152 Å². The van der Waals surface area contributed by atoms with Gasteiger partial charge in [0.05, 0.1) is 22.0 Å². The van der Waals surface area contributed by atoms with Gasteiger partial charge in [-0.05, 0) is 52.9 Å². The van der Waals surface area contributed by atoms with Crippen LogP contribution in [0.5, 0.6) is 0 Å². The van der Waals surface area contributed by atoms with Gasteiger partial charge in [0.2, 0.25) is 0 Å². The lowest BCUT2D eigenvalue weighted by molar-refractivity contribution is -0.143. The third-order valence-corrected chi connectivity index (χ3v) is 7.30. The molecule has 0 unspecified atom stereocenters. The van der Waals surface area contributed by atoms with Crippen LogP contribution in [0.3, 0.4) is 0 Å². The second-order valence-corrected chi connectivity index (χ2v) is 8.27. The molecule has 3 amide bonds. The Kier molecular flexibility index (Phi) is 2.94. The molecule has 4 aliphatic carbocycles. The molecular weight excluding hydrogens is 388 g/mol. The summed E-state index contributed by atoms with van der Waals surface area (Å²) in [6, 6.07) is 0. The summed E-state index contributed by atoms with van der Waals surface area (Å²) < 4.78 is 2.14. The van der Waals surface area contributed by atoms with Gasteiger partial charge >= 0.3 is 0 Å². The molecule has 130 valence electrons. The molecule has 1 N–H and O–H groups in total. The van der Waals surface area contributed by atoms with E-state index in [4.69, 9.17) is 0 Å². The zero-order valence-electron chi connectivity index (χ0n) is 13.8. The van der Waals surface area contributed by atoms with Gasteiger partial charge in [-0.2, -0.15) is 10.1 Å². The van der Waals surface area contributed by atoms with Crippen LogP contribution in [0, 0.1) is 42.4 Å². The fraction of sp³-hybridized carbons (Fsp3) is 0.529. The van der Waals surface area contributed by atoms with Crippen LogP contribution in [0.25, 0.3) is 0 Å². The third kappa shape index (κ3) is 1.86. The minimum absolute atomic E-state index is 0.141. The smallest absolute Gasteiger partial charge is 0.272 e. The van der Waals surface area contributed by atoms with Crippen LogP contribution >= 0.6 is 15.9 Å². The van der Waals surface area contributed by atoms with Crippen molar-refractivity contribution >= 4 is 33.7 Å². The van der Waals surface area contributed by atoms with Crippen LogP contribution in [-0.4, -0.2) is 32.5 Å². The Morgan fingerprint density at radius 1 is 1.20 bits per heavy atom. The number of allylic oxidation sites excluding steroid dienone is 2. The highest BCUT2D eigenvalue weighted by molar-refractivity contribution is 9.10. The predicted octanol–water partition coefficient (Wildman–Crippen LogP) is 1.19. The molecule has 0 aromatic carbocycles. The van der Waals surface area contributed by atoms with Gasteiger partial charge in [0.25, 0.3) is 17.7 Å². The third-order valence-electron chi connectivity index (χ3n) is 6.35. The van der Waals surface area contributed by atoms with Gasteiger partial charge in [-0.1, -0.05) is 12.2 Å². The standard InChI is InChI=1S/C17H17BrN4O3/c1-6-13(18)14(19-21(6)2)15(23)20-22-16(24)11-7-3-4-8(10-5-9(7)10)12(11)17(22)25/h3-4,7-12H,5H2,1-2H3,(H,20,23)/t7-,8-,9-,10+,11+,12+/m0/s1. The number of hydrogen-bond donors (Lipinski definition) is 1. The lowest BCUT2D eigenvalue weighted by Gasteiger charge is -2.37. The summed E-state index contributed by atoms with van der Waals surface area (Å²) in [6.07, 6.45) is 5.33. The highest BCUT2D eigenvalue weighted by Crippen LogP contribution is 2.65. The average Bonchev–Trinajstić information content (AvgIpc) is 3.34. The molecule has 7 nitrogen and oxygen atoms in total. The lowest BCUT2D eigenvalue weighted by Crippen LogP contribution is -2.47. The monoisotopic (exact) mass is 404 g/mol. The number of carbonyl (C=O) groups excluding carboxylic acids is 3. The summed E-state index contributed by atoms with van der Waals surface area (Å²) in [5.41, 5.74) is 3.45. The summed E-state index contributed by atoms with van der Waals surface area (Å²) in [5.74, 6) is -0.396. The number of amides is 3. The maximum Gasteiger partial charge on any atom is 0.291 e. The van der Waals surface area contributed by atoms with E-state index in [1.54, 1.807) is 11.7 Å². The van der Waals surface area contributed by atoms with Crippen molar-refractivity contribution in [1.29, 1.82) is 0 Å². The molecule has 6 rings (SSSR count). The number of imide groups is 1. The number of hydrogen-bond acceptors (Lipinski definition) is 4. The van der Waals surface area contributed by atoms with E-state index in [0.717, 1.165) is 17.1 Å². The van der Waals surface area contributed by atoms with Gasteiger partial charge in [-0.3, -0.25) is 24.5 Å². The molecular formula is C17H17BrN4O3. The lowest BCUT2D eigenvalue weighted by atomic mass is 9.63. The van der Waals surface area contributed by atoms with E-state index in [2.05, 4.69) is 38.6 Å². The van der Waals surface area contributed by atoms with Crippen molar-refractivity contribution in [3.05, 3.63) is 28.0 Å². The number of nitrogens with one attached hydrogen (secondary N) is 1. The fourth-order valence-corrected chi connectivity index (χ4v) is 5.47. The molecule has 1 saturated heterocycles. The van der Waals surface area contributed by atoms with Crippen LogP contribution in [0.1, 0.15) is 22.6 Å². The topological polar surface area (TPSA) is 84.3 Å². The van der Waals surface area contributed by atoms with E-state index in [1.165, 1.54) is 0 Å². The molecule has 2 bridgehead atoms. The highest BCUT2D eigenvalue weighted by Gasteiger charge is 2.67. The molecule has 2 saturated carbocycles. The minimum atomic E-state index is -0.554. The van der Waals surface area contributed by atoms with E-state index in [-0.39, 0.29) is 41.2 Å². The summed E-state index contributed by atoms with van der Waals surface area (Å²) in [5, 5.41) is 5.09. The summed E-state index contributed by atoms with van der Waals surface area (Å²) >= 11 is 3.34. The van der Waals surface area contributed by atoms with Gasteiger partial charge < -0.3 is 0 Å². The fourth-order valence-electron chi connectivity index (χ4n) is 4.95. The van der Waals surface area contributed by atoms with Gasteiger partial charge in [0.1, 0.15) is 0 Å². The van der Waals surface area contributed by atoms with E-state index in [0.29, 0.717) is 16.3 Å². The predicted molar refractivity (Wildman–Crippen MR) is 89.7 cm³/mol. The molecule has 0 spiro atoms. The van der Waals surface area contributed by atoms with Crippen molar-refractivity contribution in [2.45, 2.75) is 13.3 Å². The summed E-state index contributed by atoms with van der Waals surface area (Å²) in [6.45, 7) is 1.82. The Hall–Kier alpha value is -1.96. The van der Waals surface area contributed by atoms with Crippen LogP contribution in [0.4, 0.5) is 0 Å². The SMILES string of the molecule is Cc1c(Br)c(C(=O)NN2C(=O)[C@@H]3[C@H]4C=C[C@@H]([C@@H]5C[C@H]45)[C@H]3C2=O)nn1C. The number of halogens is 1. The van der Waals surface area contributed by atoms with Gasteiger partial charge in [-0.15, -0.1) is 0 Å². The maximum atomic E-state index is 12.8. The number of carbonyl (C=O) groups is 3. The molecule has 1 aromatic heterocycles. The Balaban J connectivity index is 1.42. The average molecular weight is 405 g/mol. The Morgan fingerprint density at radius 2 is 1.76 bits per heavy atom. The van der Waals surface area contributed by atoms with Gasteiger partial charge in [0.15, 0.2) is 5.69 Å². The molecule has 8 heteroatoms. The molecule has 6 atom stereocenters. The highest BCUT2D eigenvalue weighted by atomic mass is 79.9. The quantitative estimate of drug-likeness (QED) is 0.592. The van der Waals surface area contributed by atoms with Crippen LogP contribution < -0.4 is 5.43 Å². The molecule has 25 heavy (non-hydrogen) atoms. The molecule has 3 fully saturated rings. The molecule has 1 aliphatic heterocycles. The maximum absolute atomic E-state index is 12.8. The first-order valence-electron chi connectivity index (χ1n) is 8.46. The van der Waals surface area contributed by atoms with Crippen LogP contribution in [0.2, 0.25) is 0 Å². The van der Waals surface area contributed by atoms with Crippen molar-refractivity contribution < 1.29 is 14.4 Å². The van der Waals surface area contributed by atoms with E-state index < -0.39 is 5.91 Å². The first kappa shape index (κ1) is 15.3. The van der Waals surface area contributed by atoms with Gasteiger partial charge in [-0.25, -0.2) is 0 Å². The summed E-state index contributed by atoms with van der Waals surface area (Å²) in [7, 11) is 1.73. The zero-order valence-corrected chi connectivity index (χ0v) is 15.4. The number of rotatable bonds is 2. The second kappa shape index (κ2) is 4.81. The van der Waals surface area contributed by atoms with E-state index in [1.807, 2.05) is 6.92 Å². The van der Waals surface area contributed by atoms with Crippen LogP contribution in [-0.2, 0) is 16.6 Å². The minimum Gasteiger partial charge on any atom is -0.272 e. The molecule has 0 radical (unpaired) electrons. The van der Waals surface area contributed by atoms with Gasteiger partial charge in [0, 0.05) is 7.05 Å². The van der Waals surface area contributed by atoms with E-state index >= 15 is 0 Å². The Bertz CT molecular complexity index is 839. The number of aryl methyl sites for hydroxylation is 1. The molecule has 1 aromatic rings. The van der Waals surface area contributed by atoms with Crippen molar-refractivity contribution in [2.75, 3.05) is 0 Å². The zero-order chi connectivity index (χ0) is 17.6. The van der Waals surface area contributed by atoms with Crippen molar-refractivity contribution in [1.82, 2.24) is 20.2 Å². The number of hydrazine groups is 1. The summed E-state index contributed by atoms with van der Waals surface area (Å²) in [4.78, 5) is 38.3.